The van der Waals surface area contributed by atoms with E-state index in [0.717, 1.165) is 31.4 Å². The zero-order chi connectivity index (χ0) is 14.4. The van der Waals surface area contributed by atoms with Crippen LogP contribution in [0.1, 0.15) is 11.1 Å². The number of nitrogens with zero attached hydrogens (tertiary/aromatic N) is 1. The molecular weight excluding hydrogens is 377 g/mol. The molecule has 3 aromatic rings. The van der Waals surface area contributed by atoms with E-state index in [-0.39, 0.29) is 5.91 Å². The Morgan fingerprint density at radius 1 is 1.14 bits per heavy atom. The van der Waals surface area contributed by atoms with Crippen molar-refractivity contribution in [1.82, 2.24) is 10.2 Å². The van der Waals surface area contributed by atoms with Crippen molar-refractivity contribution in [3.05, 3.63) is 57.3 Å². The molecule has 5 heteroatoms. The molecule has 2 aromatic carbocycles. The van der Waals surface area contributed by atoms with Gasteiger partial charge in [0.05, 0.1) is 5.52 Å². The first kappa shape index (κ1) is 12.6. The highest BCUT2D eigenvalue weighted by Crippen LogP contribution is 2.33. The number of anilines is 1. The minimum Gasteiger partial charge on any atom is -0.321 e. The predicted octanol–water partition coefficient (Wildman–Crippen LogP) is 3.66. The summed E-state index contributed by atoms with van der Waals surface area (Å²) in [5.74, 6) is -0.0572. The maximum absolute atomic E-state index is 12.1. The molecule has 4 nitrogen and oxygen atoms in total. The standard InChI is InChI=1S/C16H10IN3O/c17-15-12-8-9(5-6-14(12)19-20-15)7-11-10-3-1-2-4-13(10)18-16(11)21/h1-8H,(H,18,21)(H,19,20)/b11-7+. The van der Waals surface area contributed by atoms with Crippen LogP contribution < -0.4 is 5.32 Å². The Hall–Kier alpha value is -2.15. The van der Waals surface area contributed by atoms with Crippen molar-refractivity contribution in [3.63, 3.8) is 0 Å². The molecule has 0 spiro atoms. The van der Waals surface area contributed by atoms with E-state index >= 15 is 0 Å². The molecule has 0 unspecified atom stereocenters. The SMILES string of the molecule is O=C1Nc2ccccc2/C1=C\c1ccc2[nH]nc(I)c2c1. The minimum absolute atomic E-state index is 0.0572. The number of benzene rings is 2. The van der Waals surface area contributed by atoms with Crippen LogP contribution in [-0.2, 0) is 4.79 Å². The number of para-hydroxylation sites is 1. The number of hydrogen-bond acceptors (Lipinski definition) is 2. The minimum atomic E-state index is -0.0572. The molecule has 1 aliphatic heterocycles. The van der Waals surface area contributed by atoms with E-state index in [2.05, 4.69) is 38.1 Å². The van der Waals surface area contributed by atoms with Crippen molar-refractivity contribution < 1.29 is 4.79 Å². The molecule has 1 aliphatic rings. The zero-order valence-corrected chi connectivity index (χ0v) is 13.0. The number of H-pyrrole nitrogens is 1. The van der Waals surface area contributed by atoms with Crippen molar-refractivity contribution in [2.75, 3.05) is 5.32 Å². The first-order valence-corrected chi connectivity index (χ1v) is 7.56. The monoisotopic (exact) mass is 387 g/mol. The quantitative estimate of drug-likeness (QED) is 0.495. The molecule has 1 amide bonds. The van der Waals surface area contributed by atoms with Gasteiger partial charge in [-0.2, -0.15) is 5.10 Å². The number of hydrogen-bond donors (Lipinski definition) is 2. The molecule has 4 rings (SSSR count). The summed E-state index contributed by atoms with van der Waals surface area (Å²) in [5.41, 5.74) is 4.50. The van der Waals surface area contributed by atoms with Crippen molar-refractivity contribution in [3.8, 4) is 0 Å². The average Bonchev–Trinajstić information content (AvgIpc) is 3.01. The lowest BCUT2D eigenvalue weighted by Crippen LogP contribution is -2.03. The summed E-state index contributed by atoms with van der Waals surface area (Å²) in [4.78, 5) is 12.1. The summed E-state index contributed by atoms with van der Waals surface area (Å²) in [6.07, 6.45) is 1.92. The fourth-order valence-corrected chi connectivity index (χ4v) is 3.11. The summed E-state index contributed by atoms with van der Waals surface area (Å²) in [6.45, 7) is 0. The van der Waals surface area contributed by atoms with E-state index in [1.807, 2.05) is 48.5 Å². The second-order valence-corrected chi connectivity index (χ2v) is 5.90. The van der Waals surface area contributed by atoms with Gasteiger partial charge in [0.15, 0.2) is 0 Å². The predicted molar refractivity (Wildman–Crippen MR) is 91.8 cm³/mol. The Morgan fingerprint density at radius 2 is 2.00 bits per heavy atom. The molecular formula is C16H10IN3O. The molecule has 0 saturated heterocycles. The van der Waals surface area contributed by atoms with Gasteiger partial charge in [0, 0.05) is 22.2 Å². The van der Waals surface area contributed by atoms with Crippen LogP contribution in [-0.4, -0.2) is 16.1 Å². The number of carbonyl (C=O) groups is 1. The van der Waals surface area contributed by atoms with Crippen LogP contribution in [0.15, 0.2) is 42.5 Å². The number of aromatic nitrogens is 2. The second-order valence-electron chi connectivity index (χ2n) is 4.88. The van der Waals surface area contributed by atoms with Gasteiger partial charge in [-0.3, -0.25) is 9.89 Å². The third kappa shape index (κ3) is 2.04. The summed E-state index contributed by atoms with van der Waals surface area (Å²) in [5, 5.41) is 11.1. The summed E-state index contributed by atoms with van der Waals surface area (Å²) < 4.78 is 0.930. The normalized spacial score (nSPS) is 15.5. The first-order valence-electron chi connectivity index (χ1n) is 6.48. The van der Waals surface area contributed by atoms with Crippen molar-refractivity contribution in [1.29, 1.82) is 0 Å². The highest BCUT2D eigenvalue weighted by molar-refractivity contribution is 14.1. The summed E-state index contributed by atoms with van der Waals surface area (Å²) in [7, 11) is 0. The third-order valence-corrected chi connectivity index (χ3v) is 4.38. The largest absolute Gasteiger partial charge is 0.321 e. The van der Waals surface area contributed by atoms with Crippen LogP contribution in [0, 0.1) is 3.70 Å². The van der Waals surface area contributed by atoms with Gasteiger partial charge in [0.2, 0.25) is 0 Å². The van der Waals surface area contributed by atoms with Gasteiger partial charge in [-0.1, -0.05) is 24.3 Å². The van der Waals surface area contributed by atoms with Gasteiger partial charge in [0.25, 0.3) is 5.91 Å². The maximum atomic E-state index is 12.1. The topological polar surface area (TPSA) is 57.8 Å². The Balaban J connectivity index is 1.86. The average molecular weight is 387 g/mol. The van der Waals surface area contributed by atoms with Crippen LogP contribution in [0.4, 0.5) is 5.69 Å². The van der Waals surface area contributed by atoms with E-state index in [1.54, 1.807) is 0 Å². The molecule has 0 aliphatic carbocycles. The van der Waals surface area contributed by atoms with Crippen molar-refractivity contribution in [2.45, 2.75) is 0 Å². The summed E-state index contributed by atoms with van der Waals surface area (Å²) >= 11 is 2.20. The van der Waals surface area contributed by atoms with E-state index in [4.69, 9.17) is 0 Å². The number of rotatable bonds is 1. The Bertz CT molecular complexity index is 911. The zero-order valence-electron chi connectivity index (χ0n) is 10.9. The third-order valence-electron chi connectivity index (χ3n) is 3.56. The van der Waals surface area contributed by atoms with E-state index in [1.165, 1.54) is 0 Å². The lowest BCUT2D eigenvalue weighted by atomic mass is 10.0. The molecule has 0 bridgehead atoms. The van der Waals surface area contributed by atoms with Gasteiger partial charge in [-0.15, -0.1) is 0 Å². The van der Waals surface area contributed by atoms with Crippen LogP contribution in [0.2, 0.25) is 0 Å². The second kappa shape index (κ2) is 4.70. The van der Waals surface area contributed by atoms with Crippen molar-refractivity contribution in [2.24, 2.45) is 0 Å². The highest BCUT2D eigenvalue weighted by atomic mass is 127. The smallest absolute Gasteiger partial charge is 0.256 e. The molecule has 21 heavy (non-hydrogen) atoms. The number of nitrogens with one attached hydrogen (secondary N) is 2. The number of amides is 1. The van der Waals surface area contributed by atoms with E-state index in [0.29, 0.717) is 5.57 Å². The fourth-order valence-electron chi connectivity index (χ4n) is 2.54. The fraction of sp³-hybridized carbons (Fsp3) is 0. The molecule has 0 radical (unpaired) electrons. The van der Waals surface area contributed by atoms with Crippen LogP contribution in [0.25, 0.3) is 22.6 Å². The molecule has 102 valence electrons. The van der Waals surface area contributed by atoms with E-state index in [9.17, 15) is 4.79 Å². The van der Waals surface area contributed by atoms with Crippen LogP contribution in [0.3, 0.4) is 0 Å². The van der Waals surface area contributed by atoms with Gasteiger partial charge < -0.3 is 5.32 Å². The maximum Gasteiger partial charge on any atom is 0.256 e. The molecule has 1 aromatic heterocycles. The van der Waals surface area contributed by atoms with Crippen molar-refractivity contribution >= 4 is 56.7 Å². The van der Waals surface area contributed by atoms with Gasteiger partial charge >= 0.3 is 0 Å². The Labute approximate surface area is 134 Å². The van der Waals surface area contributed by atoms with Crippen LogP contribution in [0.5, 0.6) is 0 Å². The van der Waals surface area contributed by atoms with Gasteiger partial charge in [-0.05, 0) is 52.4 Å². The molecule has 0 saturated carbocycles. The Kier molecular flexibility index (Phi) is 2.81. The number of fused-ring (bicyclic) bond motifs is 2. The summed E-state index contributed by atoms with van der Waals surface area (Å²) in [6, 6.07) is 13.7. The van der Waals surface area contributed by atoms with E-state index < -0.39 is 0 Å². The van der Waals surface area contributed by atoms with Gasteiger partial charge in [0.1, 0.15) is 3.70 Å². The van der Waals surface area contributed by atoms with Crippen LogP contribution >= 0.6 is 22.6 Å². The highest BCUT2D eigenvalue weighted by Gasteiger charge is 2.23. The molecule has 0 atom stereocenters. The number of halogens is 1. The first-order chi connectivity index (χ1) is 10.2. The Morgan fingerprint density at radius 3 is 2.90 bits per heavy atom. The number of aromatic amines is 1. The lowest BCUT2D eigenvalue weighted by Gasteiger charge is -1.99. The molecule has 0 fully saturated rings. The molecule has 2 N–H and O–H groups in total. The lowest BCUT2D eigenvalue weighted by molar-refractivity contribution is -0.110. The molecule has 2 heterocycles. The van der Waals surface area contributed by atoms with Gasteiger partial charge in [-0.25, -0.2) is 0 Å². The number of carbonyl (C=O) groups excluding carboxylic acids is 1.